The summed E-state index contributed by atoms with van der Waals surface area (Å²) in [6.07, 6.45) is 3.23. The molecule has 0 aliphatic carbocycles. The van der Waals surface area contributed by atoms with Gasteiger partial charge in [-0.25, -0.2) is 9.59 Å². The van der Waals surface area contributed by atoms with Crippen molar-refractivity contribution in [3.63, 3.8) is 0 Å². The molecule has 7 heteroatoms. The molecule has 148 valence electrons. The SMILES string of the molecule is CCC(C)c1ccccc1OCCCNCCCOC.O=C(O)C(=O)O. The van der Waals surface area contributed by atoms with Gasteiger partial charge in [0.15, 0.2) is 0 Å². The Kier molecular flexibility index (Phi) is 13.9. The zero-order chi connectivity index (χ0) is 19.8. The first-order valence-corrected chi connectivity index (χ1v) is 8.81. The topological polar surface area (TPSA) is 105 Å². The van der Waals surface area contributed by atoms with Gasteiger partial charge in [-0.3, -0.25) is 0 Å². The summed E-state index contributed by atoms with van der Waals surface area (Å²) < 4.78 is 10.9. The number of hydrogen-bond donors (Lipinski definition) is 3. The number of carboxylic acid groups (broad SMARTS) is 2. The van der Waals surface area contributed by atoms with Gasteiger partial charge in [0.1, 0.15) is 5.75 Å². The number of benzene rings is 1. The van der Waals surface area contributed by atoms with Gasteiger partial charge in [0, 0.05) is 13.7 Å². The van der Waals surface area contributed by atoms with E-state index >= 15 is 0 Å². The lowest BCUT2D eigenvalue weighted by atomic mass is 9.98. The molecule has 0 bridgehead atoms. The Morgan fingerprint density at radius 3 is 2.19 bits per heavy atom. The molecule has 7 nitrogen and oxygen atoms in total. The molecule has 0 amide bonds. The van der Waals surface area contributed by atoms with Crippen LogP contribution in [-0.2, 0) is 14.3 Å². The van der Waals surface area contributed by atoms with Gasteiger partial charge in [-0.1, -0.05) is 32.0 Å². The highest BCUT2D eigenvalue weighted by Gasteiger charge is 2.09. The maximum Gasteiger partial charge on any atom is 0.414 e. The van der Waals surface area contributed by atoms with E-state index in [0.717, 1.165) is 51.3 Å². The predicted molar refractivity (Wildman–Crippen MR) is 99.9 cm³/mol. The molecule has 26 heavy (non-hydrogen) atoms. The Balaban J connectivity index is 0.000000896. The Hall–Kier alpha value is -2.12. The summed E-state index contributed by atoms with van der Waals surface area (Å²) in [6.45, 7) is 8.06. The second kappa shape index (κ2) is 15.2. The van der Waals surface area contributed by atoms with Crippen molar-refractivity contribution < 1.29 is 29.3 Å². The van der Waals surface area contributed by atoms with E-state index in [0.29, 0.717) is 5.92 Å². The van der Waals surface area contributed by atoms with Gasteiger partial charge in [0.05, 0.1) is 6.61 Å². The zero-order valence-electron chi connectivity index (χ0n) is 15.9. The maximum absolute atomic E-state index is 9.10. The molecule has 0 heterocycles. The zero-order valence-corrected chi connectivity index (χ0v) is 15.9. The molecule has 3 N–H and O–H groups in total. The molecule has 1 unspecified atom stereocenters. The average Bonchev–Trinajstić information content (AvgIpc) is 2.64. The van der Waals surface area contributed by atoms with Crippen LogP contribution in [-0.4, -0.2) is 55.6 Å². The number of para-hydroxylation sites is 1. The molecule has 1 aromatic carbocycles. The molecule has 1 aromatic rings. The van der Waals surface area contributed by atoms with Gasteiger partial charge in [-0.15, -0.1) is 0 Å². The molecular formula is C19H31NO6. The van der Waals surface area contributed by atoms with E-state index in [1.165, 1.54) is 5.56 Å². The summed E-state index contributed by atoms with van der Waals surface area (Å²) in [6, 6.07) is 8.38. The van der Waals surface area contributed by atoms with E-state index < -0.39 is 11.9 Å². The van der Waals surface area contributed by atoms with Crippen LogP contribution in [0.4, 0.5) is 0 Å². The van der Waals surface area contributed by atoms with Crippen molar-refractivity contribution in [2.45, 2.75) is 39.0 Å². The second-order valence-corrected chi connectivity index (χ2v) is 5.76. The van der Waals surface area contributed by atoms with E-state index in [1.807, 2.05) is 6.07 Å². The van der Waals surface area contributed by atoms with Gasteiger partial charge >= 0.3 is 11.9 Å². The van der Waals surface area contributed by atoms with Gasteiger partial charge in [0.25, 0.3) is 0 Å². The highest BCUT2D eigenvalue weighted by Crippen LogP contribution is 2.28. The lowest BCUT2D eigenvalue weighted by Gasteiger charge is -2.15. The maximum atomic E-state index is 9.10. The monoisotopic (exact) mass is 369 g/mol. The minimum absolute atomic E-state index is 0.554. The van der Waals surface area contributed by atoms with Gasteiger partial charge in [-0.2, -0.15) is 0 Å². The third kappa shape index (κ3) is 11.4. The van der Waals surface area contributed by atoms with Crippen LogP contribution < -0.4 is 10.1 Å². The second-order valence-electron chi connectivity index (χ2n) is 5.76. The largest absolute Gasteiger partial charge is 0.493 e. The molecular weight excluding hydrogens is 338 g/mol. The minimum Gasteiger partial charge on any atom is -0.493 e. The highest BCUT2D eigenvalue weighted by molar-refractivity contribution is 6.27. The number of carbonyl (C=O) groups is 2. The predicted octanol–water partition coefficient (Wildman–Crippen LogP) is 2.75. The van der Waals surface area contributed by atoms with Crippen LogP contribution in [0.1, 0.15) is 44.6 Å². The fourth-order valence-corrected chi connectivity index (χ4v) is 2.08. The molecule has 0 fully saturated rings. The van der Waals surface area contributed by atoms with Crippen LogP contribution in [0, 0.1) is 0 Å². The fourth-order valence-electron chi connectivity index (χ4n) is 2.08. The summed E-state index contributed by atoms with van der Waals surface area (Å²) in [5, 5.41) is 18.2. The number of aliphatic carboxylic acids is 2. The summed E-state index contributed by atoms with van der Waals surface area (Å²) in [7, 11) is 1.74. The van der Waals surface area contributed by atoms with Crippen molar-refractivity contribution in [1.82, 2.24) is 5.32 Å². The first-order chi connectivity index (χ1) is 12.4. The van der Waals surface area contributed by atoms with E-state index in [9.17, 15) is 0 Å². The Morgan fingerprint density at radius 2 is 1.65 bits per heavy atom. The van der Waals surface area contributed by atoms with E-state index in [-0.39, 0.29) is 0 Å². The highest BCUT2D eigenvalue weighted by atomic mass is 16.5. The van der Waals surface area contributed by atoms with Crippen LogP contribution in [0.5, 0.6) is 5.75 Å². The van der Waals surface area contributed by atoms with Crippen molar-refractivity contribution in [3.8, 4) is 5.75 Å². The summed E-state index contributed by atoms with van der Waals surface area (Å²) in [4.78, 5) is 18.2. The van der Waals surface area contributed by atoms with Gasteiger partial charge in [0.2, 0.25) is 0 Å². The number of rotatable bonds is 11. The Bertz CT molecular complexity index is 509. The third-order valence-electron chi connectivity index (χ3n) is 3.70. The first kappa shape index (κ1) is 23.9. The van der Waals surface area contributed by atoms with E-state index in [2.05, 4.69) is 37.4 Å². The number of methoxy groups -OCH3 is 1. The first-order valence-electron chi connectivity index (χ1n) is 8.81. The molecule has 0 aromatic heterocycles. The number of ether oxygens (including phenoxy) is 2. The van der Waals surface area contributed by atoms with Crippen molar-refractivity contribution in [3.05, 3.63) is 29.8 Å². The van der Waals surface area contributed by atoms with Crippen molar-refractivity contribution >= 4 is 11.9 Å². The van der Waals surface area contributed by atoms with Gasteiger partial charge < -0.3 is 25.0 Å². The molecule has 0 aliphatic rings. The van der Waals surface area contributed by atoms with Gasteiger partial charge in [-0.05, 0) is 49.9 Å². The van der Waals surface area contributed by atoms with Crippen molar-refractivity contribution in [2.75, 3.05) is 33.4 Å². The van der Waals surface area contributed by atoms with Crippen molar-refractivity contribution in [2.24, 2.45) is 0 Å². The van der Waals surface area contributed by atoms with E-state index in [1.54, 1.807) is 7.11 Å². The Morgan fingerprint density at radius 1 is 1.08 bits per heavy atom. The van der Waals surface area contributed by atoms with Crippen molar-refractivity contribution in [1.29, 1.82) is 0 Å². The molecule has 0 radical (unpaired) electrons. The number of hydrogen-bond acceptors (Lipinski definition) is 5. The normalized spacial score (nSPS) is 11.2. The quantitative estimate of drug-likeness (QED) is 0.407. The number of nitrogens with one attached hydrogen (secondary N) is 1. The fraction of sp³-hybridized carbons (Fsp3) is 0.579. The molecule has 1 atom stereocenters. The lowest BCUT2D eigenvalue weighted by Crippen LogP contribution is -2.19. The van der Waals surface area contributed by atoms with Crippen LogP contribution in [0.15, 0.2) is 24.3 Å². The molecule has 0 spiro atoms. The molecule has 1 rings (SSSR count). The average molecular weight is 369 g/mol. The summed E-state index contributed by atoms with van der Waals surface area (Å²) >= 11 is 0. The molecule has 0 saturated heterocycles. The van der Waals surface area contributed by atoms with Crippen LogP contribution in [0.3, 0.4) is 0 Å². The standard InChI is InChI=1S/C17H29NO2.C2H2O4/c1-4-15(2)16-9-5-6-10-17(16)20-14-8-12-18-11-7-13-19-3;3-1(4)2(5)6/h5-6,9-10,15,18H,4,7-8,11-14H2,1-3H3;(H,3,4)(H,5,6). The summed E-state index contributed by atoms with van der Waals surface area (Å²) in [5.41, 5.74) is 1.32. The third-order valence-corrected chi connectivity index (χ3v) is 3.70. The summed E-state index contributed by atoms with van der Waals surface area (Å²) in [5.74, 6) is -2.05. The Labute approximate surface area is 155 Å². The molecule has 0 saturated carbocycles. The molecule has 0 aliphatic heterocycles. The van der Waals surface area contributed by atoms with Crippen LogP contribution in [0.2, 0.25) is 0 Å². The number of carboxylic acids is 2. The smallest absolute Gasteiger partial charge is 0.414 e. The minimum atomic E-state index is -1.82. The lowest BCUT2D eigenvalue weighted by molar-refractivity contribution is -0.159. The van der Waals surface area contributed by atoms with Crippen LogP contribution in [0.25, 0.3) is 0 Å². The van der Waals surface area contributed by atoms with Crippen LogP contribution >= 0.6 is 0 Å². The van der Waals surface area contributed by atoms with E-state index in [4.69, 9.17) is 29.3 Å².